The van der Waals surface area contributed by atoms with Crippen LogP contribution in [0.25, 0.3) is 33.2 Å². The number of para-hydroxylation sites is 1. The molecule has 134 valence electrons. The Morgan fingerprint density at radius 1 is 1.11 bits per heavy atom. The quantitative estimate of drug-likeness (QED) is 0.389. The SMILES string of the molecule is CC(C)(C)Cc1cc(-c2cccc3c2oc2cc(C#N)ccc23)ncc1Cl. The van der Waals surface area contributed by atoms with Gasteiger partial charge in [-0.3, -0.25) is 4.98 Å². The lowest BCUT2D eigenvalue weighted by Crippen LogP contribution is -2.09. The van der Waals surface area contributed by atoms with Crippen molar-refractivity contribution in [2.45, 2.75) is 27.2 Å². The zero-order valence-electron chi connectivity index (χ0n) is 15.5. The van der Waals surface area contributed by atoms with Gasteiger partial charge in [-0.1, -0.05) is 44.5 Å². The lowest BCUT2D eigenvalue weighted by molar-refractivity contribution is 0.411. The van der Waals surface area contributed by atoms with E-state index in [2.05, 4.69) is 37.9 Å². The first kappa shape index (κ1) is 17.6. The largest absolute Gasteiger partial charge is 0.455 e. The lowest BCUT2D eigenvalue weighted by atomic mass is 9.88. The molecule has 2 aromatic heterocycles. The second-order valence-electron chi connectivity index (χ2n) is 8.01. The first-order valence-electron chi connectivity index (χ1n) is 8.86. The summed E-state index contributed by atoms with van der Waals surface area (Å²) < 4.78 is 6.13. The van der Waals surface area contributed by atoms with Gasteiger partial charge in [0.25, 0.3) is 0 Å². The Morgan fingerprint density at radius 2 is 1.93 bits per heavy atom. The molecule has 0 aliphatic heterocycles. The van der Waals surface area contributed by atoms with Gasteiger partial charge in [0.1, 0.15) is 11.2 Å². The lowest BCUT2D eigenvalue weighted by Gasteiger charge is -2.19. The van der Waals surface area contributed by atoms with Crippen LogP contribution in [0.4, 0.5) is 0 Å². The van der Waals surface area contributed by atoms with Crippen molar-refractivity contribution in [1.29, 1.82) is 5.26 Å². The molecule has 2 heterocycles. The molecular weight excluding hydrogens is 356 g/mol. The Morgan fingerprint density at radius 3 is 2.67 bits per heavy atom. The van der Waals surface area contributed by atoms with Crippen molar-refractivity contribution in [2.24, 2.45) is 5.41 Å². The number of fused-ring (bicyclic) bond motifs is 3. The van der Waals surface area contributed by atoms with Gasteiger partial charge in [-0.15, -0.1) is 0 Å². The fourth-order valence-electron chi connectivity index (χ4n) is 3.40. The maximum atomic E-state index is 9.14. The molecule has 4 aromatic rings. The van der Waals surface area contributed by atoms with Crippen LogP contribution in [0.3, 0.4) is 0 Å². The molecule has 4 heteroatoms. The predicted octanol–water partition coefficient (Wildman–Crippen LogP) is 6.76. The molecule has 27 heavy (non-hydrogen) atoms. The number of halogens is 1. The molecule has 0 fully saturated rings. The second kappa shape index (κ2) is 6.40. The summed E-state index contributed by atoms with van der Waals surface area (Å²) in [5.41, 5.74) is 5.04. The maximum Gasteiger partial charge on any atom is 0.144 e. The highest BCUT2D eigenvalue weighted by Crippen LogP contribution is 2.36. The summed E-state index contributed by atoms with van der Waals surface area (Å²) in [7, 11) is 0. The summed E-state index contributed by atoms with van der Waals surface area (Å²) >= 11 is 6.39. The molecule has 0 aliphatic rings. The van der Waals surface area contributed by atoms with E-state index in [9.17, 15) is 0 Å². The zero-order valence-corrected chi connectivity index (χ0v) is 16.3. The monoisotopic (exact) mass is 374 g/mol. The molecule has 0 bridgehead atoms. The number of pyridine rings is 1. The van der Waals surface area contributed by atoms with Crippen molar-refractivity contribution < 1.29 is 4.42 Å². The number of hydrogen-bond donors (Lipinski definition) is 0. The van der Waals surface area contributed by atoms with E-state index in [1.54, 1.807) is 12.3 Å². The Labute approximate surface area is 163 Å². The van der Waals surface area contributed by atoms with Crippen LogP contribution in [0.1, 0.15) is 31.9 Å². The van der Waals surface area contributed by atoms with Crippen LogP contribution >= 0.6 is 11.6 Å². The van der Waals surface area contributed by atoms with E-state index in [0.717, 1.165) is 39.6 Å². The van der Waals surface area contributed by atoms with Gasteiger partial charge in [0.2, 0.25) is 0 Å². The smallest absolute Gasteiger partial charge is 0.144 e. The minimum absolute atomic E-state index is 0.126. The van der Waals surface area contributed by atoms with Gasteiger partial charge in [-0.2, -0.15) is 5.26 Å². The molecule has 3 nitrogen and oxygen atoms in total. The molecule has 0 spiro atoms. The van der Waals surface area contributed by atoms with Crippen LogP contribution in [0, 0.1) is 16.7 Å². The molecule has 0 N–H and O–H groups in total. The predicted molar refractivity (Wildman–Crippen MR) is 110 cm³/mol. The molecule has 0 saturated carbocycles. The van der Waals surface area contributed by atoms with Crippen molar-refractivity contribution >= 4 is 33.5 Å². The Bertz CT molecular complexity index is 1210. The molecule has 0 unspecified atom stereocenters. The van der Waals surface area contributed by atoms with Gasteiger partial charge in [0, 0.05) is 22.5 Å². The van der Waals surface area contributed by atoms with E-state index in [0.29, 0.717) is 16.2 Å². The highest BCUT2D eigenvalue weighted by atomic mass is 35.5. The third kappa shape index (κ3) is 3.29. The van der Waals surface area contributed by atoms with Crippen molar-refractivity contribution in [2.75, 3.05) is 0 Å². The number of rotatable bonds is 2. The van der Waals surface area contributed by atoms with Crippen molar-refractivity contribution in [3.8, 4) is 17.3 Å². The average Bonchev–Trinajstić information content (AvgIpc) is 3.00. The van der Waals surface area contributed by atoms with Gasteiger partial charge in [0.15, 0.2) is 0 Å². The van der Waals surface area contributed by atoms with E-state index in [-0.39, 0.29) is 5.41 Å². The van der Waals surface area contributed by atoms with E-state index >= 15 is 0 Å². The molecule has 0 amide bonds. The number of nitriles is 1. The topological polar surface area (TPSA) is 49.8 Å². The van der Waals surface area contributed by atoms with E-state index in [4.69, 9.17) is 21.3 Å². The van der Waals surface area contributed by atoms with Gasteiger partial charge in [0.05, 0.1) is 22.3 Å². The molecular formula is C23H19ClN2O. The first-order chi connectivity index (χ1) is 12.9. The van der Waals surface area contributed by atoms with Crippen LogP contribution in [0.5, 0.6) is 0 Å². The summed E-state index contributed by atoms with van der Waals surface area (Å²) in [6.07, 6.45) is 2.58. The fourth-order valence-corrected chi connectivity index (χ4v) is 3.57. The second-order valence-corrected chi connectivity index (χ2v) is 8.41. The zero-order chi connectivity index (χ0) is 19.2. The van der Waals surface area contributed by atoms with E-state index < -0.39 is 0 Å². The standard InChI is InChI=1S/C23H19ClN2O/c1-23(2,3)11-15-10-20(26-13-19(15)24)18-6-4-5-17-16-8-7-14(12-25)9-21(16)27-22(17)18/h4-10,13H,11H2,1-3H3. The Balaban J connectivity index is 1.92. The number of benzene rings is 2. The minimum atomic E-state index is 0.126. The van der Waals surface area contributed by atoms with Crippen LogP contribution < -0.4 is 0 Å². The molecule has 0 atom stereocenters. The van der Waals surface area contributed by atoms with Crippen molar-refractivity contribution in [3.63, 3.8) is 0 Å². The van der Waals surface area contributed by atoms with Crippen LogP contribution in [-0.2, 0) is 6.42 Å². The van der Waals surface area contributed by atoms with E-state index in [1.807, 2.05) is 30.3 Å². The summed E-state index contributed by atoms with van der Waals surface area (Å²) in [5, 5.41) is 11.8. The Kier molecular flexibility index (Phi) is 4.17. The Hall–Kier alpha value is -2.83. The average molecular weight is 375 g/mol. The van der Waals surface area contributed by atoms with Gasteiger partial charge in [-0.05, 0) is 47.7 Å². The minimum Gasteiger partial charge on any atom is -0.455 e. The van der Waals surface area contributed by atoms with Gasteiger partial charge < -0.3 is 4.42 Å². The third-order valence-electron chi connectivity index (χ3n) is 4.56. The summed E-state index contributed by atoms with van der Waals surface area (Å²) in [4.78, 5) is 4.55. The third-order valence-corrected chi connectivity index (χ3v) is 4.90. The van der Waals surface area contributed by atoms with Crippen molar-refractivity contribution in [1.82, 2.24) is 4.98 Å². The van der Waals surface area contributed by atoms with E-state index in [1.165, 1.54) is 0 Å². The summed E-state index contributed by atoms with van der Waals surface area (Å²) in [6, 6.07) is 15.8. The number of nitrogens with zero attached hydrogens (tertiary/aromatic N) is 2. The number of furan rings is 1. The van der Waals surface area contributed by atoms with Crippen LogP contribution in [0.2, 0.25) is 5.02 Å². The van der Waals surface area contributed by atoms with Gasteiger partial charge in [-0.25, -0.2) is 0 Å². The number of hydrogen-bond acceptors (Lipinski definition) is 3. The molecule has 2 aromatic carbocycles. The number of aromatic nitrogens is 1. The van der Waals surface area contributed by atoms with Gasteiger partial charge >= 0.3 is 0 Å². The first-order valence-corrected chi connectivity index (χ1v) is 9.24. The molecule has 0 aliphatic carbocycles. The maximum absolute atomic E-state index is 9.14. The summed E-state index contributed by atoms with van der Waals surface area (Å²) in [5.74, 6) is 0. The van der Waals surface area contributed by atoms with Crippen LogP contribution in [-0.4, -0.2) is 4.98 Å². The van der Waals surface area contributed by atoms with Crippen LogP contribution in [0.15, 0.2) is 53.1 Å². The molecule has 0 saturated heterocycles. The highest BCUT2D eigenvalue weighted by Gasteiger charge is 2.17. The fraction of sp³-hybridized carbons (Fsp3) is 0.217. The summed E-state index contributed by atoms with van der Waals surface area (Å²) in [6.45, 7) is 6.57. The van der Waals surface area contributed by atoms with Crippen molar-refractivity contribution in [3.05, 3.63) is 64.8 Å². The normalized spacial score (nSPS) is 11.8. The molecule has 4 rings (SSSR count). The highest BCUT2D eigenvalue weighted by molar-refractivity contribution is 6.31. The molecule has 0 radical (unpaired) electrons.